The summed E-state index contributed by atoms with van der Waals surface area (Å²) >= 11 is 0. The first-order valence-corrected chi connectivity index (χ1v) is 8.83. The van der Waals surface area contributed by atoms with Gasteiger partial charge in [-0.25, -0.2) is 0 Å². The third-order valence-corrected chi connectivity index (χ3v) is 4.17. The lowest BCUT2D eigenvalue weighted by Gasteiger charge is -2.11. The van der Waals surface area contributed by atoms with Crippen LogP contribution in [0.15, 0.2) is 72.8 Å². The van der Waals surface area contributed by atoms with E-state index in [9.17, 15) is 14.4 Å². The molecule has 140 valence electrons. The third-order valence-electron chi connectivity index (χ3n) is 4.17. The largest absolute Gasteiger partial charge is 0.326 e. The summed E-state index contributed by atoms with van der Waals surface area (Å²) in [6.45, 7) is 3.36. The molecule has 0 aliphatic carbocycles. The highest BCUT2D eigenvalue weighted by Gasteiger charge is 2.18. The van der Waals surface area contributed by atoms with Crippen molar-refractivity contribution < 1.29 is 14.4 Å². The summed E-state index contributed by atoms with van der Waals surface area (Å²) in [5, 5.41) is 5.45. The van der Waals surface area contributed by atoms with Gasteiger partial charge in [-0.1, -0.05) is 54.1 Å². The molecule has 2 N–H and O–H groups in total. The van der Waals surface area contributed by atoms with Gasteiger partial charge >= 0.3 is 0 Å². The number of hydrogen-bond donors (Lipinski definition) is 2. The van der Waals surface area contributed by atoms with Gasteiger partial charge in [-0.05, 0) is 31.2 Å². The lowest BCUT2D eigenvalue weighted by molar-refractivity contribution is -0.114. The second kappa shape index (κ2) is 8.31. The maximum absolute atomic E-state index is 12.9. The summed E-state index contributed by atoms with van der Waals surface area (Å²) in [5.41, 5.74) is 3.31. The van der Waals surface area contributed by atoms with Crippen molar-refractivity contribution in [2.75, 3.05) is 10.6 Å². The highest BCUT2D eigenvalue weighted by atomic mass is 16.2. The second-order valence-electron chi connectivity index (χ2n) is 6.46. The summed E-state index contributed by atoms with van der Waals surface area (Å²) < 4.78 is 0. The molecule has 0 fully saturated rings. The second-order valence-corrected chi connectivity index (χ2v) is 6.46. The number of carbonyl (C=O) groups excluding carboxylic acids is 3. The highest BCUT2D eigenvalue weighted by Crippen LogP contribution is 2.19. The standard InChI is InChI=1S/C23H20N2O3/c1-15-10-12-17(13-11-15)22(27)20-8-3-4-9-21(20)23(28)25-19-7-5-6-18(14-19)24-16(2)26/h3-14H,1-2H3,(H,24,26)(H,25,28). The van der Waals surface area contributed by atoms with E-state index in [2.05, 4.69) is 10.6 Å². The van der Waals surface area contributed by atoms with Gasteiger partial charge in [0.15, 0.2) is 5.78 Å². The fourth-order valence-corrected chi connectivity index (χ4v) is 2.82. The molecule has 0 saturated carbocycles. The average molecular weight is 372 g/mol. The number of aryl methyl sites for hydroxylation is 1. The van der Waals surface area contributed by atoms with Crippen LogP contribution in [0.3, 0.4) is 0 Å². The first-order valence-electron chi connectivity index (χ1n) is 8.83. The van der Waals surface area contributed by atoms with Crippen molar-refractivity contribution in [1.82, 2.24) is 0 Å². The van der Waals surface area contributed by atoms with Crippen molar-refractivity contribution >= 4 is 29.0 Å². The number of amides is 2. The van der Waals surface area contributed by atoms with E-state index in [-0.39, 0.29) is 17.3 Å². The lowest BCUT2D eigenvalue weighted by Crippen LogP contribution is -2.17. The van der Waals surface area contributed by atoms with E-state index in [1.807, 2.05) is 19.1 Å². The molecule has 0 aliphatic heterocycles. The smallest absolute Gasteiger partial charge is 0.256 e. The van der Waals surface area contributed by atoms with Crippen LogP contribution in [-0.2, 0) is 4.79 Å². The Kier molecular flexibility index (Phi) is 5.65. The zero-order chi connectivity index (χ0) is 20.1. The van der Waals surface area contributed by atoms with Crippen molar-refractivity contribution in [1.29, 1.82) is 0 Å². The minimum atomic E-state index is -0.393. The summed E-state index contributed by atoms with van der Waals surface area (Å²) in [4.78, 5) is 36.9. The summed E-state index contributed by atoms with van der Waals surface area (Å²) in [5.74, 6) is -0.800. The van der Waals surface area contributed by atoms with Crippen molar-refractivity contribution in [3.63, 3.8) is 0 Å². The molecule has 0 bridgehead atoms. The number of benzene rings is 3. The molecule has 2 amide bonds. The average Bonchev–Trinajstić information content (AvgIpc) is 2.68. The molecule has 0 unspecified atom stereocenters. The van der Waals surface area contributed by atoms with Gasteiger partial charge < -0.3 is 10.6 Å². The van der Waals surface area contributed by atoms with E-state index in [1.54, 1.807) is 60.7 Å². The molecular formula is C23H20N2O3. The number of carbonyl (C=O) groups is 3. The van der Waals surface area contributed by atoms with Crippen molar-refractivity contribution in [3.8, 4) is 0 Å². The molecule has 0 aliphatic rings. The zero-order valence-corrected chi connectivity index (χ0v) is 15.7. The SMILES string of the molecule is CC(=O)Nc1cccc(NC(=O)c2ccccc2C(=O)c2ccc(C)cc2)c1. The third kappa shape index (κ3) is 4.51. The first kappa shape index (κ1) is 19.0. The number of ketones is 1. The van der Waals surface area contributed by atoms with E-state index in [0.29, 0.717) is 22.5 Å². The normalized spacial score (nSPS) is 10.2. The lowest BCUT2D eigenvalue weighted by atomic mass is 9.97. The Morgan fingerprint density at radius 1 is 0.714 bits per heavy atom. The quantitative estimate of drug-likeness (QED) is 0.650. The Morgan fingerprint density at radius 3 is 1.96 bits per heavy atom. The van der Waals surface area contributed by atoms with E-state index in [1.165, 1.54) is 6.92 Å². The highest BCUT2D eigenvalue weighted by molar-refractivity contribution is 6.17. The monoisotopic (exact) mass is 372 g/mol. The Bertz CT molecular complexity index is 1040. The fourth-order valence-electron chi connectivity index (χ4n) is 2.82. The number of rotatable bonds is 5. The molecule has 3 aromatic carbocycles. The van der Waals surface area contributed by atoms with E-state index >= 15 is 0 Å². The Hall–Kier alpha value is -3.73. The van der Waals surface area contributed by atoms with E-state index in [4.69, 9.17) is 0 Å². The van der Waals surface area contributed by atoms with Crippen LogP contribution in [0.4, 0.5) is 11.4 Å². The van der Waals surface area contributed by atoms with Crippen LogP contribution in [0, 0.1) is 6.92 Å². The molecule has 0 atom stereocenters. The molecule has 0 heterocycles. The Labute approximate surface area is 163 Å². The molecular weight excluding hydrogens is 352 g/mol. The van der Waals surface area contributed by atoms with Crippen LogP contribution in [0.2, 0.25) is 0 Å². The molecule has 5 heteroatoms. The molecule has 28 heavy (non-hydrogen) atoms. The van der Waals surface area contributed by atoms with Crippen LogP contribution >= 0.6 is 0 Å². The molecule has 3 aromatic rings. The molecule has 0 spiro atoms. The first-order chi connectivity index (χ1) is 13.4. The van der Waals surface area contributed by atoms with Crippen LogP contribution in [0.5, 0.6) is 0 Å². The summed E-state index contributed by atoms with van der Waals surface area (Å²) in [6.07, 6.45) is 0. The minimum absolute atomic E-state index is 0.197. The Balaban J connectivity index is 1.86. The van der Waals surface area contributed by atoms with Crippen LogP contribution in [0.1, 0.15) is 38.8 Å². The predicted molar refractivity (Wildman–Crippen MR) is 110 cm³/mol. The molecule has 0 radical (unpaired) electrons. The minimum Gasteiger partial charge on any atom is -0.326 e. The molecule has 0 aromatic heterocycles. The van der Waals surface area contributed by atoms with Gasteiger partial charge in [0.2, 0.25) is 5.91 Å². The summed E-state index contributed by atoms with van der Waals surface area (Å²) in [7, 11) is 0. The number of nitrogens with one attached hydrogen (secondary N) is 2. The van der Waals surface area contributed by atoms with Crippen LogP contribution < -0.4 is 10.6 Å². The maximum atomic E-state index is 12.9. The number of anilines is 2. The van der Waals surface area contributed by atoms with Gasteiger partial charge in [0.25, 0.3) is 5.91 Å². The van der Waals surface area contributed by atoms with Crippen molar-refractivity contribution in [2.45, 2.75) is 13.8 Å². The van der Waals surface area contributed by atoms with Gasteiger partial charge in [0, 0.05) is 29.4 Å². The van der Waals surface area contributed by atoms with Gasteiger partial charge in [0.1, 0.15) is 0 Å². The van der Waals surface area contributed by atoms with Gasteiger partial charge in [-0.3, -0.25) is 14.4 Å². The predicted octanol–water partition coefficient (Wildman–Crippen LogP) is 4.44. The van der Waals surface area contributed by atoms with Gasteiger partial charge in [-0.15, -0.1) is 0 Å². The van der Waals surface area contributed by atoms with Crippen molar-refractivity contribution in [3.05, 3.63) is 95.1 Å². The molecule has 3 rings (SSSR count). The topological polar surface area (TPSA) is 75.3 Å². The zero-order valence-electron chi connectivity index (χ0n) is 15.7. The van der Waals surface area contributed by atoms with Crippen molar-refractivity contribution in [2.24, 2.45) is 0 Å². The van der Waals surface area contributed by atoms with E-state index < -0.39 is 5.91 Å². The van der Waals surface area contributed by atoms with Gasteiger partial charge in [0.05, 0.1) is 5.56 Å². The molecule has 0 saturated heterocycles. The number of hydrogen-bond acceptors (Lipinski definition) is 3. The maximum Gasteiger partial charge on any atom is 0.256 e. The molecule has 5 nitrogen and oxygen atoms in total. The summed E-state index contributed by atoms with van der Waals surface area (Å²) in [6, 6.07) is 20.8. The van der Waals surface area contributed by atoms with E-state index in [0.717, 1.165) is 5.56 Å². The fraction of sp³-hybridized carbons (Fsp3) is 0.0870. The van der Waals surface area contributed by atoms with Crippen LogP contribution in [0.25, 0.3) is 0 Å². The Morgan fingerprint density at radius 2 is 1.32 bits per heavy atom. The van der Waals surface area contributed by atoms with Crippen LogP contribution in [-0.4, -0.2) is 17.6 Å². The van der Waals surface area contributed by atoms with Gasteiger partial charge in [-0.2, -0.15) is 0 Å².